The average Bonchev–Trinajstić information content (AvgIpc) is 3.55. The summed E-state index contributed by atoms with van der Waals surface area (Å²) in [6.07, 6.45) is 8.70. The Morgan fingerprint density at radius 1 is 0.371 bits per heavy atom. The Kier molecular flexibility index (Phi) is 8.79. The molecule has 0 unspecified atom stereocenters. The minimum Gasteiger partial charge on any atom is -0.309 e. The highest BCUT2D eigenvalue weighted by molar-refractivity contribution is 5.96. The highest BCUT2D eigenvalue weighted by atomic mass is 15.1. The summed E-state index contributed by atoms with van der Waals surface area (Å²) in [7, 11) is 0. The average molecular weight is 800 g/mol. The van der Waals surface area contributed by atoms with Gasteiger partial charge in [0.05, 0.1) is 11.4 Å². The minimum absolute atomic E-state index is 0.124. The standard InChI is InChI=1S/C61H53N/c1-60(2)56-19-11-9-18-53(56)54-31-30-51(37-57(54)60)62(58-20-12-10-17-52(58)47-13-5-3-6-14-47)59-32-27-49(36-55(59)48-15-7-4-8-16-48)46-23-21-44(22-24-46)45-25-28-50(29-26-45)61-38-41-33-42(39-61)35-43(34-41)40-61/h3-32,36-37,41-43H,33-35,38-40H2,1-2H3. The van der Waals surface area contributed by atoms with Crippen LogP contribution < -0.4 is 4.90 Å². The molecule has 0 atom stereocenters. The summed E-state index contributed by atoms with van der Waals surface area (Å²) in [5.74, 6) is 2.88. The van der Waals surface area contributed by atoms with Gasteiger partial charge in [-0.3, -0.25) is 0 Å². The Morgan fingerprint density at radius 2 is 0.855 bits per heavy atom. The van der Waals surface area contributed by atoms with Gasteiger partial charge in [0.25, 0.3) is 0 Å². The van der Waals surface area contributed by atoms with Crippen molar-refractivity contribution in [2.24, 2.45) is 17.8 Å². The van der Waals surface area contributed by atoms with E-state index in [-0.39, 0.29) is 5.41 Å². The van der Waals surface area contributed by atoms with Crippen LogP contribution in [0.25, 0.3) is 55.6 Å². The summed E-state index contributed by atoms with van der Waals surface area (Å²) in [5.41, 5.74) is 20.5. The largest absolute Gasteiger partial charge is 0.309 e. The maximum absolute atomic E-state index is 2.50. The normalized spacial score (nSPS) is 21.4. The summed E-state index contributed by atoms with van der Waals surface area (Å²) in [4.78, 5) is 2.50. The highest BCUT2D eigenvalue weighted by Gasteiger charge is 2.51. The number of rotatable bonds is 8. The second-order valence-corrected chi connectivity index (χ2v) is 19.6. The number of fused-ring (bicyclic) bond motifs is 3. The zero-order valence-electron chi connectivity index (χ0n) is 35.9. The van der Waals surface area contributed by atoms with E-state index < -0.39 is 0 Å². The van der Waals surface area contributed by atoms with Gasteiger partial charge in [0.1, 0.15) is 0 Å². The SMILES string of the molecule is CC1(C)c2ccccc2-c2ccc(N(c3ccccc3-c3ccccc3)c3ccc(-c4ccc(-c5ccc(C67CC8CC(CC(C8)C6)C7)cc5)cc4)cc3-c3ccccc3)cc21. The van der Waals surface area contributed by atoms with E-state index in [9.17, 15) is 0 Å². The van der Waals surface area contributed by atoms with E-state index in [0.717, 1.165) is 34.8 Å². The quantitative estimate of drug-likeness (QED) is 0.148. The minimum atomic E-state index is -0.124. The Hall–Kier alpha value is -6.44. The Balaban J connectivity index is 0.948. The molecule has 5 aliphatic rings. The third-order valence-corrected chi connectivity index (χ3v) is 15.5. The van der Waals surface area contributed by atoms with Crippen LogP contribution in [0.3, 0.4) is 0 Å². The maximum Gasteiger partial charge on any atom is 0.0540 e. The molecule has 8 aromatic carbocycles. The van der Waals surface area contributed by atoms with Gasteiger partial charge in [-0.2, -0.15) is 0 Å². The van der Waals surface area contributed by atoms with E-state index >= 15 is 0 Å². The molecule has 8 aromatic rings. The first kappa shape index (κ1) is 37.3. The second kappa shape index (κ2) is 14.6. The number of anilines is 3. The Morgan fingerprint density at radius 3 is 1.50 bits per heavy atom. The van der Waals surface area contributed by atoms with E-state index in [1.165, 1.54) is 105 Å². The van der Waals surface area contributed by atoms with Gasteiger partial charge < -0.3 is 4.90 Å². The van der Waals surface area contributed by atoms with Gasteiger partial charge in [0.15, 0.2) is 0 Å². The molecular weight excluding hydrogens is 747 g/mol. The Labute approximate surface area is 367 Å². The van der Waals surface area contributed by atoms with Crippen molar-refractivity contribution < 1.29 is 0 Å². The molecule has 0 amide bonds. The molecule has 0 N–H and O–H groups in total. The maximum atomic E-state index is 2.50. The van der Waals surface area contributed by atoms with Crippen molar-refractivity contribution in [2.45, 2.75) is 63.2 Å². The fraction of sp³-hybridized carbons (Fsp3) is 0.213. The lowest BCUT2D eigenvalue weighted by atomic mass is 9.48. The van der Waals surface area contributed by atoms with Crippen LogP contribution in [0.2, 0.25) is 0 Å². The van der Waals surface area contributed by atoms with Crippen molar-refractivity contribution >= 4 is 17.1 Å². The van der Waals surface area contributed by atoms with Gasteiger partial charge in [0.2, 0.25) is 0 Å². The van der Waals surface area contributed by atoms with E-state index in [1.54, 1.807) is 5.56 Å². The molecule has 4 saturated carbocycles. The first-order chi connectivity index (χ1) is 30.4. The molecule has 13 rings (SSSR count). The molecule has 0 radical (unpaired) electrons. The van der Waals surface area contributed by atoms with Gasteiger partial charge in [-0.25, -0.2) is 0 Å². The lowest BCUT2D eigenvalue weighted by molar-refractivity contribution is -0.00518. The predicted molar refractivity (Wildman–Crippen MR) is 260 cm³/mol. The number of hydrogen-bond donors (Lipinski definition) is 0. The second-order valence-electron chi connectivity index (χ2n) is 19.6. The zero-order valence-corrected chi connectivity index (χ0v) is 35.9. The lowest BCUT2D eigenvalue weighted by Crippen LogP contribution is -2.48. The Bertz CT molecular complexity index is 2900. The smallest absolute Gasteiger partial charge is 0.0540 e. The van der Waals surface area contributed by atoms with Crippen molar-refractivity contribution in [1.29, 1.82) is 0 Å². The van der Waals surface area contributed by atoms with Crippen molar-refractivity contribution in [3.63, 3.8) is 0 Å². The molecule has 5 aliphatic carbocycles. The summed E-state index contributed by atoms with van der Waals surface area (Å²) >= 11 is 0. The molecule has 302 valence electrons. The van der Waals surface area contributed by atoms with Crippen LogP contribution in [-0.2, 0) is 10.8 Å². The molecule has 0 heterocycles. The molecule has 4 fully saturated rings. The first-order valence-corrected chi connectivity index (χ1v) is 23.0. The van der Waals surface area contributed by atoms with Gasteiger partial charge in [-0.1, -0.05) is 178 Å². The zero-order chi connectivity index (χ0) is 41.4. The van der Waals surface area contributed by atoms with Gasteiger partial charge >= 0.3 is 0 Å². The summed E-state index contributed by atoms with van der Waals surface area (Å²) in [5, 5.41) is 0. The van der Waals surface area contributed by atoms with E-state index in [4.69, 9.17) is 0 Å². The lowest BCUT2D eigenvalue weighted by Gasteiger charge is -2.57. The summed E-state index contributed by atoms with van der Waals surface area (Å²) < 4.78 is 0. The van der Waals surface area contributed by atoms with Crippen molar-refractivity contribution in [3.05, 3.63) is 211 Å². The van der Waals surface area contributed by atoms with Crippen LogP contribution in [0, 0.1) is 17.8 Å². The predicted octanol–water partition coefficient (Wildman–Crippen LogP) is 16.6. The van der Waals surface area contributed by atoms with Crippen LogP contribution in [0.15, 0.2) is 194 Å². The monoisotopic (exact) mass is 799 g/mol. The number of para-hydroxylation sites is 1. The van der Waals surface area contributed by atoms with Crippen molar-refractivity contribution in [2.75, 3.05) is 4.90 Å². The molecule has 0 saturated heterocycles. The number of nitrogens with zero attached hydrogens (tertiary/aromatic N) is 1. The molecule has 0 spiro atoms. The van der Waals surface area contributed by atoms with Crippen LogP contribution >= 0.6 is 0 Å². The van der Waals surface area contributed by atoms with Crippen LogP contribution in [0.4, 0.5) is 17.1 Å². The van der Waals surface area contributed by atoms with Crippen molar-refractivity contribution in [1.82, 2.24) is 0 Å². The molecular formula is C61H53N. The van der Waals surface area contributed by atoms with E-state index in [0.29, 0.717) is 5.41 Å². The third kappa shape index (κ3) is 6.19. The molecule has 1 heteroatoms. The molecule has 4 bridgehead atoms. The molecule has 0 aromatic heterocycles. The summed E-state index contributed by atoms with van der Waals surface area (Å²) in [6.45, 7) is 4.75. The van der Waals surface area contributed by atoms with Gasteiger partial charge in [-0.05, 0) is 153 Å². The third-order valence-electron chi connectivity index (χ3n) is 15.5. The summed E-state index contributed by atoms with van der Waals surface area (Å²) in [6, 6.07) is 72.8. The topological polar surface area (TPSA) is 3.24 Å². The first-order valence-electron chi connectivity index (χ1n) is 23.0. The van der Waals surface area contributed by atoms with Gasteiger partial charge in [-0.15, -0.1) is 0 Å². The number of benzene rings is 8. The fourth-order valence-corrected chi connectivity index (χ4v) is 12.9. The van der Waals surface area contributed by atoms with Crippen LogP contribution in [0.5, 0.6) is 0 Å². The molecule has 0 aliphatic heterocycles. The molecule has 1 nitrogen and oxygen atoms in total. The van der Waals surface area contributed by atoms with E-state index in [1.807, 2.05) is 0 Å². The van der Waals surface area contributed by atoms with Gasteiger partial charge in [0, 0.05) is 22.2 Å². The van der Waals surface area contributed by atoms with Crippen LogP contribution in [-0.4, -0.2) is 0 Å². The number of hydrogen-bond acceptors (Lipinski definition) is 1. The molecule has 62 heavy (non-hydrogen) atoms. The van der Waals surface area contributed by atoms with E-state index in [2.05, 4.69) is 213 Å². The highest BCUT2D eigenvalue weighted by Crippen LogP contribution is 2.61. The fourth-order valence-electron chi connectivity index (χ4n) is 12.9. The van der Waals surface area contributed by atoms with Crippen molar-refractivity contribution in [3.8, 4) is 55.6 Å². The van der Waals surface area contributed by atoms with Crippen LogP contribution in [0.1, 0.15) is 69.1 Å².